The Morgan fingerprint density at radius 1 is 1.24 bits per heavy atom. The number of likely N-dealkylation sites (tertiary alicyclic amines) is 1. The van der Waals surface area contributed by atoms with Gasteiger partial charge >= 0.3 is 5.97 Å². The van der Waals surface area contributed by atoms with Gasteiger partial charge in [0.05, 0.1) is 18.2 Å². The van der Waals surface area contributed by atoms with Crippen LogP contribution in [0.25, 0.3) is 0 Å². The van der Waals surface area contributed by atoms with E-state index in [1.807, 2.05) is 13.8 Å². The molecule has 2 aliphatic heterocycles. The Hall–Kier alpha value is -3.10. The van der Waals surface area contributed by atoms with E-state index in [0.29, 0.717) is 18.0 Å². The molecule has 1 N–H and O–H groups in total. The van der Waals surface area contributed by atoms with Crippen molar-refractivity contribution in [3.63, 3.8) is 0 Å². The summed E-state index contributed by atoms with van der Waals surface area (Å²) in [4.78, 5) is 52.1. The molecule has 0 aromatic heterocycles. The zero-order valence-electron chi connectivity index (χ0n) is 16.7. The van der Waals surface area contributed by atoms with E-state index in [1.165, 1.54) is 11.9 Å². The minimum absolute atomic E-state index is 0.00780. The fraction of sp³-hybridized carbons (Fsp3) is 0.500. The van der Waals surface area contributed by atoms with Crippen LogP contribution in [0, 0.1) is 5.92 Å². The first-order valence-corrected chi connectivity index (χ1v) is 9.55. The number of benzene rings is 1. The number of likely N-dealkylation sites (N-methyl/N-ethyl adjacent to an activating group) is 1. The Morgan fingerprint density at radius 3 is 2.62 bits per heavy atom. The van der Waals surface area contributed by atoms with Crippen LogP contribution in [0.1, 0.15) is 20.3 Å². The van der Waals surface area contributed by atoms with Gasteiger partial charge in [-0.05, 0) is 26.0 Å². The summed E-state index contributed by atoms with van der Waals surface area (Å²) in [5, 5.41) is 2.51. The lowest BCUT2D eigenvalue weighted by Gasteiger charge is -2.33. The molecule has 3 amide bonds. The molecule has 2 aliphatic rings. The molecule has 3 rings (SSSR count). The topological polar surface area (TPSA) is 105 Å². The van der Waals surface area contributed by atoms with Crippen molar-refractivity contribution in [2.24, 2.45) is 5.92 Å². The van der Waals surface area contributed by atoms with E-state index in [-0.39, 0.29) is 30.8 Å². The molecule has 2 heterocycles. The number of amides is 3. The maximum Gasteiger partial charge on any atom is 0.311 e. The van der Waals surface area contributed by atoms with Gasteiger partial charge in [0.25, 0.3) is 11.8 Å². The number of para-hydroxylation sites is 2. The lowest BCUT2D eigenvalue weighted by Crippen LogP contribution is -2.51. The summed E-state index contributed by atoms with van der Waals surface area (Å²) < 4.78 is 10.9. The number of nitrogens with one attached hydrogen (secondary N) is 1. The van der Waals surface area contributed by atoms with E-state index in [1.54, 1.807) is 29.2 Å². The van der Waals surface area contributed by atoms with Gasteiger partial charge in [0.15, 0.2) is 12.7 Å². The quantitative estimate of drug-likeness (QED) is 0.711. The van der Waals surface area contributed by atoms with Crippen LogP contribution in [0.2, 0.25) is 0 Å². The van der Waals surface area contributed by atoms with Gasteiger partial charge in [-0.1, -0.05) is 12.1 Å². The summed E-state index contributed by atoms with van der Waals surface area (Å²) in [5.41, 5.74) is 0.510. The van der Waals surface area contributed by atoms with Gasteiger partial charge < -0.3 is 24.6 Å². The molecule has 29 heavy (non-hydrogen) atoms. The fourth-order valence-electron chi connectivity index (χ4n) is 3.49. The van der Waals surface area contributed by atoms with Gasteiger partial charge in [0.2, 0.25) is 5.91 Å². The first kappa shape index (κ1) is 20.6. The minimum Gasteiger partial charge on any atom is -0.477 e. The fourth-order valence-corrected chi connectivity index (χ4v) is 3.49. The number of carbonyl (C=O) groups excluding carboxylic acids is 4. The SMILES string of the molecule is CNC(=O)C1CN(C(=O)COC(=O)C2CC(=O)N(C(C)C)C2)c2ccccc2O1. The average Bonchev–Trinajstić information content (AvgIpc) is 3.12. The number of anilines is 1. The number of carbonyl (C=O) groups is 4. The van der Waals surface area contributed by atoms with E-state index in [4.69, 9.17) is 9.47 Å². The van der Waals surface area contributed by atoms with Crippen molar-refractivity contribution >= 4 is 29.4 Å². The summed E-state index contributed by atoms with van der Waals surface area (Å²) in [6, 6.07) is 6.87. The van der Waals surface area contributed by atoms with Crippen LogP contribution in [0.5, 0.6) is 5.75 Å². The Balaban J connectivity index is 1.65. The summed E-state index contributed by atoms with van der Waals surface area (Å²) in [5.74, 6) is -1.65. The second-order valence-corrected chi connectivity index (χ2v) is 7.34. The third-order valence-corrected chi connectivity index (χ3v) is 5.07. The molecule has 156 valence electrons. The number of nitrogens with zero attached hydrogens (tertiary/aromatic N) is 2. The highest BCUT2D eigenvalue weighted by atomic mass is 16.5. The van der Waals surface area contributed by atoms with Crippen molar-refractivity contribution in [2.75, 3.05) is 31.6 Å². The van der Waals surface area contributed by atoms with Crippen molar-refractivity contribution < 1.29 is 28.7 Å². The normalized spacial score (nSPS) is 20.9. The van der Waals surface area contributed by atoms with Crippen LogP contribution < -0.4 is 15.0 Å². The summed E-state index contributed by atoms with van der Waals surface area (Å²) in [7, 11) is 1.49. The molecular formula is C20H25N3O6. The molecule has 0 bridgehead atoms. The van der Waals surface area contributed by atoms with Gasteiger partial charge in [-0.2, -0.15) is 0 Å². The molecule has 9 heteroatoms. The number of fused-ring (bicyclic) bond motifs is 1. The Morgan fingerprint density at radius 2 is 1.97 bits per heavy atom. The molecular weight excluding hydrogens is 378 g/mol. The number of hydrogen-bond donors (Lipinski definition) is 1. The van der Waals surface area contributed by atoms with Gasteiger partial charge in [-0.3, -0.25) is 19.2 Å². The molecule has 0 radical (unpaired) electrons. The minimum atomic E-state index is -0.860. The van der Waals surface area contributed by atoms with Gasteiger partial charge in [0.1, 0.15) is 5.75 Å². The highest BCUT2D eigenvalue weighted by molar-refractivity contribution is 5.99. The Labute approximate surface area is 168 Å². The van der Waals surface area contributed by atoms with Crippen molar-refractivity contribution in [3.05, 3.63) is 24.3 Å². The summed E-state index contributed by atoms with van der Waals surface area (Å²) in [6.45, 7) is 3.60. The van der Waals surface area contributed by atoms with Crippen LogP contribution in [-0.4, -0.2) is 67.5 Å². The number of rotatable bonds is 5. The van der Waals surface area contributed by atoms with E-state index < -0.39 is 30.5 Å². The maximum atomic E-state index is 12.8. The van der Waals surface area contributed by atoms with Crippen LogP contribution in [0.4, 0.5) is 5.69 Å². The molecule has 1 aromatic carbocycles. The highest BCUT2D eigenvalue weighted by Gasteiger charge is 2.38. The van der Waals surface area contributed by atoms with Crippen molar-refractivity contribution in [2.45, 2.75) is 32.4 Å². The molecule has 1 fully saturated rings. The number of esters is 1. The molecule has 2 unspecified atom stereocenters. The van der Waals surface area contributed by atoms with E-state index >= 15 is 0 Å². The van der Waals surface area contributed by atoms with E-state index in [9.17, 15) is 19.2 Å². The smallest absolute Gasteiger partial charge is 0.311 e. The highest BCUT2D eigenvalue weighted by Crippen LogP contribution is 2.33. The van der Waals surface area contributed by atoms with Crippen LogP contribution in [0.3, 0.4) is 0 Å². The van der Waals surface area contributed by atoms with Gasteiger partial charge in [-0.25, -0.2) is 0 Å². The Kier molecular flexibility index (Phi) is 6.05. The first-order chi connectivity index (χ1) is 13.8. The van der Waals surface area contributed by atoms with Crippen LogP contribution in [0.15, 0.2) is 24.3 Å². The average molecular weight is 403 g/mol. The molecule has 0 saturated carbocycles. The second kappa shape index (κ2) is 8.50. The maximum absolute atomic E-state index is 12.8. The first-order valence-electron chi connectivity index (χ1n) is 9.55. The number of ether oxygens (including phenoxy) is 2. The second-order valence-electron chi connectivity index (χ2n) is 7.34. The number of hydrogen-bond acceptors (Lipinski definition) is 6. The van der Waals surface area contributed by atoms with Crippen LogP contribution in [-0.2, 0) is 23.9 Å². The molecule has 1 aromatic rings. The predicted octanol–water partition coefficient (Wildman–Crippen LogP) is 0.327. The van der Waals surface area contributed by atoms with E-state index in [0.717, 1.165) is 0 Å². The zero-order valence-corrected chi connectivity index (χ0v) is 16.7. The zero-order chi connectivity index (χ0) is 21.1. The molecule has 9 nitrogen and oxygen atoms in total. The third kappa shape index (κ3) is 4.33. The molecule has 2 atom stereocenters. The summed E-state index contributed by atoms with van der Waals surface area (Å²) >= 11 is 0. The van der Waals surface area contributed by atoms with Crippen LogP contribution >= 0.6 is 0 Å². The van der Waals surface area contributed by atoms with Gasteiger partial charge in [0, 0.05) is 26.1 Å². The molecule has 0 spiro atoms. The molecule has 1 saturated heterocycles. The summed E-state index contributed by atoms with van der Waals surface area (Å²) in [6.07, 6.45) is -0.772. The largest absolute Gasteiger partial charge is 0.477 e. The lowest BCUT2D eigenvalue weighted by molar-refractivity contribution is -0.152. The lowest BCUT2D eigenvalue weighted by atomic mass is 10.1. The van der Waals surface area contributed by atoms with E-state index in [2.05, 4.69) is 5.32 Å². The monoisotopic (exact) mass is 403 g/mol. The van der Waals surface area contributed by atoms with Crippen molar-refractivity contribution in [3.8, 4) is 5.75 Å². The van der Waals surface area contributed by atoms with Crippen molar-refractivity contribution in [1.82, 2.24) is 10.2 Å². The predicted molar refractivity (Wildman–Crippen MR) is 103 cm³/mol. The Bertz CT molecular complexity index is 824. The van der Waals surface area contributed by atoms with Gasteiger partial charge in [-0.15, -0.1) is 0 Å². The molecule has 0 aliphatic carbocycles. The third-order valence-electron chi connectivity index (χ3n) is 5.07. The van der Waals surface area contributed by atoms with Crippen molar-refractivity contribution in [1.29, 1.82) is 0 Å². The standard InChI is InChI=1S/C20H25N3O6/c1-12(2)22-9-13(8-17(22)24)20(27)28-11-18(25)23-10-16(19(26)21-3)29-15-7-5-4-6-14(15)23/h4-7,12-13,16H,8-11H2,1-3H3,(H,21,26).